The van der Waals surface area contributed by atoms with Crippen molar-refractivity contribution in [3.05, 3.63) is 67.1 Å². The topological polar surface area (TPSA) is 0 Å². The first-order valence-electron chi connectivity index (χ1n) is 5.13. The van der Waals surface area contributed by atoms with Crippen LogP contribution in [0.25, 0.3) is 0 Å². The van der Waals surface area contributed by atoms with Crippen LogP contribution in [0.15, 0.2) is 39.3 Å². The molecule has 2 rings (SSSR count). The second-order valence-electron chi connectivity index (χ2n) is 3.82. The molecule has 0 spiro atoms. The van der Waals surface area contributed by atoms with Crippen molar-refractivity contribution in [2.45, 2.75) is 4.83 Å². The van der Waals surface area contributed by atoms with Gasteiger partial charge in [0.2, 0.25) is 0 Å². The van der Waals surface area contributed by atoms with Gasteiger partial charge in [-0.3, -0.25) is 0 Å². The third-order valence-electron chi connectivity index (χ3n) is 2.54. The Hall–Kier alpha value is 0.0300. The molecule has 0 fully saturated rings. The summed E-state index contributed by atoms with van der Waals surface area (Å²) in [5.41, 5.74) is 1.33. The van der Waals surface area contributed by atoms with E-state index in [0.29, 0.717) is 5.56 Å². The summed E-state index contributed by atoms with van der Waals surface area (Å²) < 4.78 is 28.1. The van der Waals surface area contributed by atoms with Crippen LogP contribution in [0.2, 0.25) is 5.02 Å². The third kappa shape index (κ3) is 3.38. The zero-order valence-electron chi connectivity index (χ0n) is 9.23. The zero-order chi connectivity index (χ0) is 14.2. The number of rotatable bonds is 2. The van der Waals surface area contributed by atoms with E-state index in [9.17, 15) is 8.78 Å². The van der Waals surface area contributed by atoms with Crippen LogP contribution in [0.4, 0.5) is 8.78 Å². The first kappa shape index (κ1) is 15.4. The number of alkyl halides is 1. The van der Waals surface area contributed by atoms with Crippen molar-refractivity contribution < 1.29 is 8.78 Å². The Morgan fingerprint density at radius 2 is 1.58 bits per heavy atom. The molecule has 0 saturated heterocycles. The van der Waals surface area contributed by atoms with Gasteiger partial charge in [-0.1, -0.05) is 59.4 Å². The average Bonchev–Trinajstić information content (AvgIpc) is 2.36. The normalized spacial score (nSPS) is 12.5. The summed E-state index contributed by atoms with van der Waals surface area (Å²) in [5.74, 6) is -1.88. The van der Waals surface area contributed by atoms with E-state index >= 15 is 0 Å². The minimum atomic E-state index is -0.957. The van der Waals surface area contributed by atoms with Crippen molar-refractivity contribution in [1.29, 1.82) is 0 Å². The van der Waals surface area contributed by atoms with Crippen molar-refractivity contribution >= 4 is 59.4 Å². The molecule has 2 aromatic carbocycles. The highest BCUT2D eigenvalue weighted by Crippen LogP contribution is 2.40. The van der Waals surface area contributed by atoms with Crippen LogP contribution in [0.3, 0.4) is 0 Å². The van der Waals surface area contributed by atoms with Crippen LogP contribution in [-0.4, -0.2) is 0 Å². The molecule has 2 aromatic rings. The largest absolute Gasteiger partial charge is 0.204 e. The van der Waals surface area contributed by atoms with Crippen molar-refractivity contribution in [2.75, 3.05) is 0 Å². The van der Waals surface area contributed by atoms with Crippen LogP contribution in [0.1, 0.15) is 16.0 Å². The molecule has 0 aliphatic rings. The highest BCUT2D eigenvalue weighted by molar-refractivity contribution is 9.11. The van der Waals surface area contributed by atoms with E-state index in [1.165, 1.54) is 0 Å². The van der Waals surface area contributed by atoms with Crippen molar-refractivity contribution in [3.63, 3.8) is 0 Å². The minimum absolute atomic E-state index is 0.174. The highest BCUT2D eigenvalue weighted by Gasteiger charge is 2.19. The van der Waals surface area contributed by atoms with E-state index in [4.69, 9.17) is 11.6 Å². The molecule has 6 heteroatoms. The molecule has 0 aromatic heterocycles. The molecule has 19 heavy (non-hydrogen) atoms. The second kappa shape index (κ2) is 6.20. The molecule has 0 radical (unpaired) electrons. The summed E-state index contributed by atoms with van der Waals surface area (Å²) in [7, 11) is 0. The zero-order valence-corrected chi connectivity index (χ0v) is 14.7. The van der Waals surface area contributed by atoms with Crippen molar-refractivity contribution in [1.82, 2.24) is 0 Å². The summed E-state index contributed by atoms with van der Waals surface area (Å²) >= 11 is 16.2. The summed E-state index contributed by atoms with van der Waals surface area (Å²) in [6.07, 6.45) is 0. The van der Waals surface area contributed by atoms with Gasteiger partial charge in [0.25, 0.3) is 0 Å². The second-order valence-corrected chi connectivity index (χ2v) is 6.91. The quantitative estimate of drug-likeness (QED) is 0.338. The van der Waals surface area contributed by atoms with E-state index in [-0.39, 0.29) is 9.85 Å². The Morgan fingerprint density at radius 3 is 2.26 bits per heavy atom. The van der Waals surface area contributed by atoms with Crippen molar-refractivity contribution in [2.24, 2.45) is 0 Å². The smallest absolute Gasteiger partial charge is 0.160 e. The highest BCUT2D eigenvalue weighted by atomic mass is 79.9. The first-order valence-corrected chi connectivity index (χ1v) is 8.01. The lowest BCUT2D eigenvalue weighted by Crippen LogP contribution is -1.98. The Kier molecular flexibility index (Phi) is 5.04. The van der Waals surface area contributed by atoms with Gasteiger partial charge in [-0.05, 0) is 41.5 Å². The van der Waals surface area contributed by atoms with E-state index < -0.39 is 11.6 Å². The van der Waals surface area contributed by atoms with Crippen LogP contribution >= 0.6 is 59.4 Å². The summed E-state index contributed by atoms with van der Waals surface area (Å²) in [6.45, 7) is 0. The van der Waals surface area contributed by atoms with Gasteiger partial charge in [0.05, 0.1) is 4.83 Å². The Labute approximate surface area is 139 Å². The molecular weight excluding hydrogens is 469 g/mol. The van der Waals surface area contributed by atoms with Crippen LogP contribution in [0, 0.1) is 11.6 Å². The molecule has 0 aliphatic carbocycles. The fourth-order valence-electron chi connectivity index (χ4n) is 1.61. The summed E-state index contributed by atoms with van der Waals surface area (Å²) in [6, 6.07) is 7.69. The molecule has 0 saturated carbocycles. The Balaban J connectivity index is 2.52. The van der Waals surface area contributed by atoms with Gasteiger partial charge in [0.1, 0.15) is 0 Å². The number of halogens is 6. The molecule has 1 atom stereocenters. The van der Waals surface area contributed by atoms with Crippen LogP contribution in [-0.2, 0) is 0 Å². The molecule has 0 amide bonds. The maximum absolute atomic E-state index is 13.3. The van der Waals surface area contributed by atoms with Crippen molar-refractivity contribution in [3.8, 4) is 0 Å². The lowest BCUT2D eigenvalue weighted by Gasteiger charge is -2.15. The Bertz CT molecular complexity index is 632. The predicted molar refractivity (Wildman–Crippen MR) is 84.0 cm³/mol. The molecule has 0 bridgehead atoms. The van der Waals surface area contributed by atoms with Gasteiger partial charge in [0.15, 0.2) is 11.6 Å². The van der Waals surface area contributed by atoms with E-state index in [1.807, 2.05) is 18.2 Å². The molecule has 0 aliphatic heterocycles. The molecule has 0 nitrogen and oxygen atoms in total. The molecule has 0 heterocycles. The summed E-state index contributed by atoms with van der Waals surface area (Å²) in [4.78, 5) is -0.345. The van der Waals surface area contributed by atoms with Gasteiger partial charge in [-0.2, -0.15) is 0 Å². The lowest BCUT2D eigenvalue weighted by atomic mass is 10.0. The first-order chi connectivity index (χ1) is 8.90. The van der Waals surface area contributed by atoms with Gasteiger partial charge in [0, 0.05) is 14.0 Å². The third-order valence-corrected chi connectivity index (χ3v) is 5.07. The average molecular weight is 475 g/mol. The van der Waals surface area contributed by atoms with Gasteiger partial charge >= 0.3 is 0 Å². The summed E-state index contributed by atoms with van der Waals surface area (Å²) in [5, 5.41) is 0.174. The molecule has 0 N–H and O–H groups in total. The van der Waals surface area contributed by atoms with Gasteiger partial charge in [-0.15, -0.1) is 0 Å². The number of hydrogen-bond donors (Lipinski definition) is 0. The fraction of sp³-hybridized carbons (Fsp3) is 0.0769. The molecular formula is C13H6Br3ClF2. The van der Waals surface area contributed by atoms with E-state index in [1.54, 1.807) is 0 Å². The lowest BCUT2D eigenvalue weighted by molar-refractivity contribution is 0.507. The maximum atomic E-state index is 13.3. The predicted octanol–water partition coefficient (Wildman–Crippen LogP) is 6.63. The standard InChI is InChI=1S/C13H6Br3ClF2/c14-6-1-2-9(15)7(3-6)13(16)8-4-11(18)12(19)5-10(8)17/h1-5,13H. The van der Waals surface area contributed by atoms with E-state index in [0.717, 1.165) is 26.6 Å². The Morgan fingerprint density at radius 1 is 0.947 bits per heavy atom. The number of benzene rings is 2. The van der Waals surface area contributed by atoms with Crippen LogP contribution in [0.5, 0.6) is 0 Å². The van der Waals surface area contributed by atoms with Crippen LogP contribution < -0.4 is 0 Å². The van der Waals surface area contributed by atoms with E-state index in [2.05, 4.69) is 47.8 Å². The number of hydrogen-bond acceptors (Lipinski definition) is 0. The SMILES string of the molecule is Fc1cc(Cl)c(C(Br)c2cc(Br)ccc2Br)cc1F. The minimum Gasteiger partial charge on any atom is -0.204 e. The van der Waals surface area contributed by atoms with Gasteiger partial charge in [-0.25, -0.2) is 8.78 Å². The molecule has 1 unspecified atom stereocenters. The maximum Gasteiger partial charge on any atom is 0.160 e. The van der Waals surface area contributed by atoms with Gasteiger partial charge < -0.3 is 0 Å². The monoisotopic (exact) mass is 472 g/mol. The fourth-order valence-corrected chi connectivity index (χ4v) is 3.92. The molecule has 100 valence electrons.